The van der Waals surface area contributed by atoms with Gasteiger partial charge in [-0.3, -0.25) is 5.84 Å². The summed E-state index contributed by atoms with van der Waals surface area (Å²) in [4.78, 5) is 0. The second-order valence-electron chi connectivity index (χ2n) is 4.65. The van der Waals surface area contributed by atoms with Crippen LogP contribution in [0.25, 0.3) is 0 Å². The number of hydrazine groups is 1. The molecule has 0 saturated carbocycles. The predicted octanol–water partition coefficient (Wildman–Crippen LogP) is 3.87. The maximum absolute atomic E-state index is 13.5. The van der Waals surface area contributed by atoms with Crippen molar-refractivity contribution in [2.24, 2.45) is 5.84 Å². The average Bonchev–Trinajstić information content (AvgIpc) is 2.64. The summed E-state index contributed by atoms with van der Waals surface area (Å²) < 4.78 is 13.5. The van der Waals surface area contributed by atoms with Gasteiger partial charge in [-0.05, 0) is 43.4 Å². The van der Waals surface area contributed by atoms with E-state index in [1.54, 1.807) is 6.07 Å². The SMILES string of the molecule is NNC(C1=CCCCCC1)c1ccc(Cl)c(F)c1. The Balaban J connectivity index is 2.26. The summed E-state index contributed by atoms with van der Waals surface area (Å²) in [6.45, 7) is 0. The van der Waals surface area contributed by atoms with Crippen LogP contribution in [-0.2, 0) is 0 Å². The van der Waals surface area contributed by atoms with Gasteiger partial charge in [0.1, 0.15) is 5.82 Å². The Kier molecular flexibility index (Phi) is 4.75. The quantitative estimate of drug-likeness (QED) is 0.496. The summed E-state index contributed by atoms with van der Waals surface area (Å²) in [5.41, 5.74) is 4.86. The molecule has 0 fully saturated rings. The lowest BCUT2D eigenvalue weighted by molar-refractivity contribution is 0.581. The predicted molar refractivity (Wildman–Crippen MR) is 72.6 cm³/mol. The minimum atomic E-state index is -0.399. The van der Waals surface area contributed by atoms with Gasteiger partial charge in [0.25, 0.3) is 0 Å². The second kappa shape index (κ2) is 6.32. The number of halogens is 2. The lowest BCUT2D eigenvalue weighted by Crippen LogP contribution is -2.29. The van der Waals surface area contributed by atoms with Gasteiger partial charge in [-0.15, -0.1) is 0 Å². The van der Waals surface area contributed by atoms with E-state index in [1.807, 2.05) is 6.07 Å². The first-order valence-corrected chi connectivity index (χ1v) is 6.70. The van der Waals surface area contributed by atoms with Crippen LogP contribution < -0.4 is 11.3 Å². The van der Waals surface area contributed by atoms with Crippen molar-refractivity contribution in [1.29, 1.82) is 0 Å². The Hall–Kier alpha value is -0.900. The minimum Gasteiger partial charge on any atom is -0.271 e. The fourth-order valence-corrected chi connectivity index (χ4v) is 2.53. The zero-order chi connectivity index (χ0) is 13.0. The molecule has 1 aliphatic carbocycles. The molecule has 4 heteroatoms. The smallest absolute Gasteiger partial charge is 0.142 e. The van der Waals surface area contributed by atoms with E-state index in [2.05, 4.69) is 11.5 Å². The molecule has 0 radical (unpaired) electrons. The zero-order valence-corrected chi connectivity index (χ0v) is 11.0. The van der Waals surface area contributed by atoms with Crippen LogP contribution in [0.5, 0.6) is 0 Å². The Morgan fingerprint density at radius 2 is 2.11 bits per heavy atom. The van der Waals surface area contributed by atoms with E-state index in [1.165, 1.54) is 30.9 Å². The highest BCUT2D eigenvalue weighted by molar-refractivity contribution is 6.30. The van der Waals surface area contributed by atoms with Crippen molar-refractivity contribution in [1.82, 2.24) is 5.43 Å². The number of nitrogens with one attached hydrogen (secondary N) is 1. The third kappa shape index (κ3) is 3.10. The molecule has 0 aliphatic heterocycles. The fourth-order valence-electron chi connectivity index (χ4n) is 2.41. The van der Waals surface area contributed by atoms with Crippen LogP contribution in [0.2, 0.25) is 5.02 Å². The van der Waals surface area contributed by atoms with Crippen LogP contribution >= 0.6 is 11.6 Å². The molecule has 0 saturated heterocycles. The third-order valence-electron chi connectivity index (χ3n) is 3.39. The topological polar surface area (TPSA) is 38.0 Å². The van der Waals surface area contributed by atoms with Gasteiger partial charge in [0.2, 0.25) is 0 Å². The van der Waals surface area contributed by atoms with Crippen LogP contribution in [-0.4, -0.2) is 0 Å². The van der Waals surface area contributed by atoms with Crippen LogP contribution in [0.1, 0.15) is 43.7 Å². The normalized spacial score (nSPS) is 18.1. The number of rotatable bonds is 3. The summed E-state index contributed by atoms with van der Waals surface area (Å²) >= 11 is 5.70. The van der Waals surface area contributed by atoms with Gasteiger partial charge in [-0.2, -0.15) is 0 Å². The van der Waals surface area contributed by atoms with Gasteiger partial charge in [0.05, 0.1) is 11.1 Å². The van der Waals surface area contributed by atoms with E-state index in [9.17, 15) is 4.39 Å². The van der Waals surface area contributed by atoms with E-state index in [4.69, 9.17) is 17.4 Å². The summed E-state index contributed by atoms with van der Waals surface area (Å²) in [6, 6.07) is 4.74. The molecule has 0 bridgehead atoms. The van der Waals surface area contributed by atoms with Crippen LogP contribution in [0, 0.1) is 5.82 Å². The molecule has 18 heavy (non-hydrogen) atoms. The number of nitrogens with two attached hydrogens (primary N) is 1. The molecular weight excluding hydrogens is 251 g/mol. The largest absolute Gasteiger partial charge is 0.271 e. The molecule has 2 rings (SSSR count). The molecule has 3 N–H and O–H groups in total. The van der Waals surface area contributed by atoms with Crippen molar-refractivity contribution in [3.63, 3.8) is 0 Å². The summed E-state index contributed by atoms with van der Waals surface area (Å²) in [5.74, 6) is 5.23. The lowest BCUT2D eigenvalue weighted by Gasteiger charge is -2.20. The fraction of sp³-hybridized carbons (Fsp3) is 0.429. The van der Waals surface area contributed by atoms with Crippen LogP contribution in [0.3, 0.4) is 0 Å². The Morgan fingerprint density at radius 1 is 1.28 bits per heavy atom. The van der Waals surface area contributed by atoms with Crippen molar-refractivity contribution in [2.75, 3.05) is 0 Å². The van der Waals surface area contributed by atoms with E-state index in [-0.39, 0.29) is 11.1 Å². The van der Waals surface area contributed by atoms with Crippen LogP contribution in [0.15, 0.2) is 29.8 Å². The molecule has 2 nitrogen and oxygen atoms in total. The van der Waals surface area contributed by atoms with Crippen molar-refractivity contribution in [3.05, 3.63) is 46.3 Å². The third-order valence-corrected chi connectivity index (χ3v) is 3.70. The number of allylic oxidation sites excluding steroid dienone is 1. The van der Waals surface area contributed by atoms with E-state index < -0.39 is 5.82 Å². The molecular formula is C14H18ClFN2. The Bertz CT molecular complexity index is 445. The van der Waals surface area contributed by atoms with Crippen LogP contribution in [0.4, 0.5) is 4.39 Å². The number of hydrogen-bond acceptors (Lipinski definition) is 2. The van der Waals surface area contributed by atoms with Gasteiger partial charge in [-0.25, -0.2) is 9.82 Å². The van der Waals surface area contributed by atoms with Gasteiger partial charge in [-0.1, -0.05) is 35.7 Å². The van der Waals surface area contributed by atoms with Crippen molar-refractivity contribution < 1.29 is 4.39 Å². The van der Waals surface area contributed by atoms with Gasteiger partial charge < -0.3 is 0 Å². The Morgan fingerprint density at radius 3 is 2.83 bits per heavy atom. The minimum absolute atomic E-state index is 0.116. The molecule has 1 aliphatic rings. The summed E-state index contributed by atoms with van der Waals surface area (Å²) in [6.07, 6.45) is 7.94. The Labute approximate surface area is 112 Å². The average molecular weight is 269 g/mol. The highest BCUT2D eigenvalue weighted by atomic mass is 35.5. The number of hydrogen-bond donors (Lipinski definition) is 2. The number of benzene rings is 1. The van der Waals surface area contributed by atoms with E-state index in [0.717, 1.165) is 18.4 Å². The maximum Gasteiger partial charge on any atom is 0.142 e. The highest BCUT2D eigenvalue weighted by Gasteiger charge is 2.17. The first-order chi connectivity index (χ1) is 8.72. The first kappa shape index (κ1) is 13.5. The molecule has 0 amide bonds. The summed E-state index contributed by atoms with van der Waals surface area (Å²) in [7, 11) is 0. The van der Waals surface area contributed by atoms with E-state index in [0.29, 0.717) is 0 Å². The molecule has 0 heterocycles. The molecule has 1 aromatic rings. The van der Waals surface area contributed by atoms with Crippen molar-refractivity contribution >= 4 is 11.6 Å². The lowest BCUT2D eigenvalue weighted by atomic mass is 9.95. The van der Waals surface area contributed by atoms with Gasteiger partial charge in [0.15, 0.2) is 0 Å². The van der Waals surface area contributed by atoms with Crippen molar-refractivity contribution in [2.45, 2.75) is 38.1 Å². The molecule has 1 unspecified atom stereocenters. The maximum atomic E-state index is 13.5. The molecule has 0 aromatic heterocycles. The first-order valence-electron chi connectivity index (χ1n) is 6.32. The van der Waals surface area contributed by atoms with Crippen molar-refractivity contribution in [3.8, 4) is 0 Å². The highest BCUT2D eigenvalue weighted by Crippen LogP contribution is 2.30. The van der Waals surface area contributed by atoms with Gasteiger partial charge >= 0.3 is 0 Å². The molecule has 1 aromatic carbocycles. The molecule has 98 valence electrons. The summed E-state index contributed by atoms with van der Waals surface area (Å²) in [5, 5.41) is 0.143. The second-order valence-corrected chi connectivity index (χ2v) is 5.06. The van der Waals surface area contributed by atoms with Gasteiger partial charge in [0, 0.05) is 0 Å². The zero-order valence-electron chi connectivity index (χ0n) is 10.3. The molecule has 0 spiro atoms. The monoisotopic (exact) mass is 268 g/mol. The standard InChI is InChI=1S/C14H18ClFN2/c15-12-8-7-11(9-13(12)16)14(18-17)10-5-3-1-2-4-6-10/h5,7-9,14,18H,1-4,6,17H2. The molecule has 1 atom stereocenters. The van der Waals surface area contributed by atoms with E-state index >= 15 is 0 Å².